The quantitative estimate of drug-likeness (QED) is 0.828. The van der Waals surface area contributed by atoms with Crippen LogP contribution in [0.3, 0.4) is 0 Å². The van der Waals surface area contributed by atoms with Gasteiger partial charge in [-0.1, -0.05) is 23.7 Å². The number of benzene rings is 1. The number of morpholine rings is 1. The van der Waals surface area contributed by atoms with Crippen LogP contribution in [-0.4, -0.2) is 46.2 Å². The number of rotatable bonds is 6. The number of hydrogen-bond acceptors (Lipinski definition) is 5. The van der Waals surface area contributed by atoms with Crippen molar-refractivity contribution in [2.75, 3.05) is 32.8 Å². The molecule has 2 aromatic rings. The van der Waals surface area contributed by atoms with Gasteiger partial charge >= 0.3 is 0 Å². The van der Waals surface area contributed by atoms with Gasteiger partial charge in [0.15, 0.2) is 0 Å². The van der Waals surface area contributed by atoms with Crippen LogP contribution >= 0.6 is 11.6 Å². The molecule has 1 fully saturated rings. The zero-order chi connectivity index (χ0) is 17.9. The smallest absolute Gasteiger partial charge is 0.274 e. The first-order chi connectivity index (χ1) is 12.0. The lowest BCUT2D eigenvalue weighted by Gasteiger charge is -2.34. The molecule has 2 heterocycles. The molecule has 0 bridgehead atoms. The molecule has 1 aromatic carbocycles. The standard InChI is InChI=1S/C17H21ClN2O4S/c1-13-2-7-17(24-13)25(21,22)19-12-16(20-8-10-23-11-9-20)14-3-5-15(18)6-4-14/h2-7,16,19H,8-12H2,1H3. The van der Waals surface area contributed by atoms with Crippen molar-refractivity contribution < 1.29 is 17.6 Å². The van der Waals surface area contributed by atoms with Gasteiger partial charge < -0.3 is 9.15 Å². The van der Waals surface area contributed by atoms with Crippen molar-refractivity contribution in [3.8, 4) is 0 Å². The molecule has 0 spiro atoms. The van der Waals surface area contributed by atoms with Crippen molar-refractivity contribution in [3.63, 3.8) is 0 Å². The first-order valence-electron chi connectivity index (χ1n) is 8.09. The predicted octanol–water partition coefficient (Wildman–Crippen LogP) is 2.59. The van der Waals surface area contributed by atoms with E-state index in [0.29, 0.717) is 24.0 Å². The Labute approximate surface area is 152 Å². The van der Waals surface area contributed by atoms with Gasteiger partial charge in [-0.25, -0.2) is 13.1 Å². The molecule has 0 radical (unpaired) electrons. The summed E-state index contributed by atoms with van der Waals surface area (Å²) in [7, 11) is -3.69. The molecule has 8 heteroatoms. The molecule has 0 aliphatic carbocycles. The summed E-state index contributed by atoms with van der Waals surface area (Å²) in [5.74, 6) is 0.558. The van der Waals surface area contributed by atoms with Gasteiger partial charge in [-0.05, 0) is 36.8 Å². The summed E-state index contributed by atoms with van der Waals surface area (Å²) in [4.78, 5) is 2.21. The highest BCUT2D eigenvalue weighted by Crippen LogP contribution is 2.24. The van der Waals surface area contributed by atoms with Crippen molar-refractivity contribution in [3.05, 3.63) is 52.7 Å². The first kappa shape index (κ1) is 18.4. The van der Waals surface area contributed by atoms with Crippen LogP contribution in [0.5, 0.6) is 0 Å². The fourth-order valence-corrected chi connectivity index (χ4v) is 3.98. The topological polar surface area (TPSA) is 71.8 Å². The normalized spacial score (nSPS) is 17.5. The van der Waals surface area contributed by atoms with Gasteiger partial charge in [0.05, 0.1) is 13.2 Å². The molecule has 1 unspecified atom stereocenters. The molecule has 1 N–H and O–H groups in total. The van der Waals surface area contributed by atoms with E-state index in [1.54, 1.807) is 13.0 Å². The Kier molecular flexibility index (Phi) is 5.81. The number of hydrogen-bond donors (Lipinski definition) is 1. The molecule has 1 aromatic heterocycles. The van der Waals surface area contributed by atoms with Gasteiger partial charge in [0.1, 0.15) is 5.76 Å². The summed E-state index contributed by atoms with van der Waals surface area (Å²) in [5.41, 5.74) is 1.00. The third-order valence-corrected chi connectivity index (χ3v) is 5.74. The maximum atomic E-state index is 12.4. The lowest BCUT2D eigenvalue weighted by atomic mass is 10.1. The largest absolute Gasteiger partial charge is 0.449 e. The summed E-state index contributed by atoms with van der Waals surface area (Å²) in [6.45, 7) is 4.71. The predicted molar refractivity (Wildman–Crippen MR) is 95.2 cm³/mol. The third kappa shape index (κ3) is 4.62. The molecule has 1 aliphatic rings. The van der Waals surface area contributed by atoms with Gasteiger partial charge in [0.2, 0.25) is 5.09 Å². The number of nitrogens with zero attached hydrogens (tertiary/aromatic N) is 1. The van der Waals surface area contributed by atoms with Crippen molar-refractivity contribution in [1.82, 2.24) is 9.62 Å². The summed E-state index contributed by atoms with van der Waals surface area (Å²) in [6.07, 6.45) is 0. The van der Waals surface area contributed by atoms with E-state index in [-0.39, 0.29) is 17.7 Å². The second-order valence-corrected chi connectivity index (χ2v) is 8.07. The summed E-state index contributed by atoms with van der Waals surface area (Å²) >= 11 is 5.98. The van der Waals surface area contributed by atoms with Gasteiger partial charge in [-0.15, -0.1) is 0 Å². The van der Waals surface area contributed by atoms with Crippen LogP contribution < -0.4 is 4.72 Å². The molecule has 0 saturated carbocycles. The number of sulfonamides is 1. The molecular weight excluding hydrogens is 364 g/mol. The Morgan fingerprint density at radius 1 is 1.16 bits per heavy atom. The fourth-order valence-electron chi connectivity index (χ4n) is 2.85. The lowest BCUT2D eigenvalue weighted by molar-refractivity contribution is 0.0172. The van der Waals surface area contributed by atoms with E-state index >= 15 is 0 Å². The maximum Gasteiger partial charge on any atom is 0.274 e. The molecule has 25 heavy (non-hydrogen) atoms. The number of halogens is 1. The van der Waals surface area contributed by atoms with Crippen molar-refractivity contribution >= 4 is 21.6 Å². The first-order valence-corrected chi connectivity index (χ1v) is 9.95. The Morgan fingerprint density at radius 2 is 1.84 bits per heavy atom. The minimum absolute atomic E-state index is 0.0677. The van der Waals surface area contributed by atoms with Crippen LogP contribution in [0.25, 0.3) is 0 Å². The monoisotopic (exact) mass is 384 g/mol. The van der Waals surface area contributed by atoms with Gasteiger partial charge in [0.25, 0.3) is 10.0 Å². The summed E-state index contributed by atoms with van der Waals surface area (Å²) < 4.78 is 38.2. The van der Waals surface area contributed by atoms with Crippen LogP contribution in [0.4, 0.5) is 0 Å². The van der Waals surface area contributed by atoms with Crippen LogP contribution in [0.15, 0.2) is 45.9 Å². The summed E-state index contributed by atoms with van der Waals surface area (Å²) in [6, 6.07) is 10.5. The van der Waals surface area contributed by atoms with E-state index in [1.807, 2.05) is 24.3 Å². The highest BCUT2D eigenvalue weighted by Gasteiger charge is 2.26. The van der Waals surface area contributed by atoms with E-state index in [1.165, 1.54) is 6.07 Å². The summed E-state index contributed by atoms with van der Waals surface area (Å²) in [5, 5.41) is 0.581. The molecule has 136 valence electrons. The molecule has 1 atom stereocenters. The zero-order valence-electron chi connectivity index (χ0n) is 13.9. The van der Waals surface area contributed by atoms with Crippen LogP contribution in [0, 0.1) is 6.92 Å². The second-order valence-electron chi connectivity index (χ2n) is 5.93. The average molecular weight is 385 g/mol. The Morgan fingerprint density at radius 3 is 2.44 bits per heavy atom. The van der Waals surface area contributed by atoms with E-state index in [4.69, 9.17) is 20.8 Å². The van der Waals surface area contributed by atoms with E-state index in [9.17, 15) is 8.42 Å². The highest BCUT2D eigenvalue weighted by atomic mass is 35.5. The molecule has 1 saturated heterocycles. The van der Waals surface area contributed by atoms with E-state index < -0.39 is 10.0 Å². The molecule has 0 amide bonds. The number of furan rings is 1. The Balaban J connectivity index is 1.78. The molecular formula is C17H21ClN2O4S. The lowest BCUT2D eigenvalue weighted by Crippen LogP contribution is -2.43. The van der Waals surface area contributed by atoms with E-state index in [0.717, 1.165) is 18.7 Å². The van der Waals surface area contributed by atoms with Crippen LogP contribution in [0.1, 0.15) is 17.4 Å². The fraction of sp³-hybridized carbons (Fsp3) is 0.412. The van der Waals surface area contributed by atoms with Crippen LogP contribution in [0.2, 0.25) is 5.02 Å². The number of aryl methyl sites for hydroxylation is 1. The SMILES string of the molecule is Cc1ccc(S(=O)(=O)NCC(c2ccc(Cl)cc2)N2CCOCC2)o1. The molecule has 3 rings (SSSR count). The minimum atomic E-state index is -3.69. The zero-order valence-corrected chi connectivity index (χ0v) is 15.5. The van der Waals surface area contributed by atoms with Crippen molar-refractivity contribution in [1.29, 1.82) is 0 Å². The number of ether oxygens (including phenoxy) is 1. The average Bonchev–Trinajstić information content (AvgIpc) is 3.05. The second kappa shape index (κ2) is 7.88. The van der Waals surface area contributed by atoms with Crippen molar-refractivity contribution in [2.24, 2.45) is 0 Å². The van der Waals surface area contributed by atoms with E-state index in [2.05, 4.69) is 9.62 Å². The molecule has 1 aliphatic heterocycles. The Hall–Kier alpha value is -1.38. The van der Waals surface area contributed by atoms with Crippen molar-refractivity contribution in [2.45, 2.75) is 18.1 Å². The highest BCUT2D eigenvalue weighted by molar-refractivity contribution is 7.89. The minimum Gasteiger partial charge on any atom is -0.449 e. The number of nitrogens with one attached hydrogen (secondary N) is 1. The Bertz CT molecular complexity index is 798. The maximum absolute atomic E-state index is 12.4. The van der Waals surface area contributed by atoms with Gasteiger partial charge in [-0.3, -0.25) is 4.90 Å². The van der Waals surface area contributed by atoms with Crippen LogP contribution in [-0.2, 0) is 14.8 Å². The van der Waals surface area contributed by atoms with Gasteiger partial charge in [-0.2, -0.15) is 0 Å². The molecule has 6 nitrogen and oxygen atoms in total. The van der Waals surface area contributed by atoms with Gasteiger partial charge in [0, 0.05) is 30.7 Å². The third-order valence-electron chi connectivity index (χ3n) is 4.19.